The van der Waals surface area contributed by atoms with E-state index in [0.29, 0.717) is 12.3 Å². The van der Waals surface area contributed by atoms with Gasteiger partial charge in [0.1, 0.15) is 0 Å². The van der Waals surface area contributed by atoms with Gasteiger partial charge in [0.2, 0.25) is 6.10 Å². The van der Waals surface area contributed by atoms with Gasteiger partial charge in [-0.1, -0.05) is 13.8 Å². The number of amides is 1. The summed E-state index contributed by atoms with van der Waals surface area (Å²) in [5, 5.41) is 8.84. The van der Waals surface area contributed by atoms with Crippen LogP contribution < -0.4 is 0 Å². The van der Waals surface area contributed by atoms with Crippen LogP contribution in [0.25, 0.3) is 0 Å². The van der Waals surface area contributed by atoms with Crippen molar-refractivity contribution >= 4 is 5.91 Å². The fourth-order valence-corrected chi connectivity index (χ4v) is 1.78. The van der Waals surface area contributed by atoms with Crippen molar-refractivity contribution < 1.29 is 23.1 Å². The van der Waals surface area contributed by atoms with Gasteiger partial charge in [-0.3, -0.25) is 4.79 Å². The van der Waals surface area contributed by atoms with E-state index in [9.17, 15) is 18.0 Å². The Morgan fingerprint density at radius 1 is 1.38 bits per heavy atom. The van der Waals surface area contributed by atoms with Gasteiger partial charge in [0.05, 0.1) is 0 Å². The number of nitrogens with zero attached hydrogens (tertiary/aromatic N) is 1. The number of piperidine rings is 1. The van der Waals surface area contributed by atoms with Crippen LogP contribution in [0.5, 0.6) is 0 Å². The molecule has 0 aromatic carbocycles. The third kappa shape index (κ3) is 2.87. The molecule has 1 unspecified atom stereocenters. The predicted octanol–water partition coefficient (Wildman–Crippen LogP) is 1.41. The minimum absolute atomic E-state index is 0.165. The Kier molecular flexibility index (Phi) is 3.83. The molecule has 1 amide bonds. The molecule has 6 heteroatoms. The summed E-state index contributed by atoms with van der Waals surface area (Å²) < 4.78 is 36.4. The van der Waals surface area contributed by atoms with Crippen LogP contribution in [0.2, 0.25) is 0 Å². The Morgan fingerprint density at radius 2 is 1.94 bits per heavy atom. The lowest BCUT2D eigenvalue weighted by Gasteiger charge is -2.36. The van der Waals surface area contributed by atoms with Gasteiger partial charge in [0.15, 0.2) is 0 Å². The van der Waals surface area contributed by atoms with E-state index >= 15 is 0 Å². The van der Waals surface area contributed by atoms with E-state index in [1.165, 1.54) is 0 Å². The molecule has 0 aromatic rings. The number of alkyl halides is 3. The molecule has 0 bridgehead atoms. The van der Waals surface area contributed by atoms with E-state index in [1.807, 2.05) is 13.8 Å². The zero-order chi connectivity index (χ0) is 12.5. The van der Waals surface area contributed by atoms with E-state index in [-0.39, 0.29) is 19.0 Å². The summed E-state index contributed by atoms with van der Waals surface area (Å²) in [4.78, 5) is 12.5. The molecule has 0 saturated carbocycles. The third-order valence-corrected chi connectivity index (χ3v) is 3.19. The van der Waals surface area contributed by atoms with E-state index < -0.39 is 18.2 Å². The maximum Gasteiger partial charge on any atom is 0.423 e. The molecule has 0 radical (unpaired) electrons. The molecule has 0 aliphatic carbocycles. The molecule has 1 heterocycles. The van der Waals surface area contributed by atoms with Gasteiger partial charge in [-0.05, 0) is 18.3 Å². The van der Waals surface area contributed by atoms with Gasteiger partial charge in [-0.15, -0.1) is 0 Å². The van der Waals surface area contributed by atoms with Crippen LogP contribution in [0.4, 0.5) is 13.2 Å². The molecular formula is C10H16F3NO2. The number of hydrogen-bond donors (Lipinski definition) is 1. The van der Waals surface area contributed by atoms with Crippen LogP contribution >= 0.6 is 0 Å². The lowest BCUT2D eigenvalue weighted by Crippen LogP contribution is -2.50. The van der Waals surface area contributed by atoms with Crippen molar-refractivity contribution in [2.75, 3.05) is 13.1 Å². The number of carbonyl (C=O) groups is 1. The van der Waals surface area contributed by atoms with E-state index in [2.05, 4.69) is 0 Å². The van der Waals surface area contributed by atoms with Crippen LogP contribution in [0, 0.1) is 11.8 Å². The van der Waals surface area contributed by atoms with Crippen LogP contribution in [-0.2, 0) is 4.79 Å². The van der Waals surface area contributed by atoms with E-state index in [0.717, 1.165) is 4.90 Å². The molecule has 3 nitrogen and oxygen atoms in total. The van der Waals surface area contributed by atoms with Crippen molar-refractivity contribution in [3.63, 3.8) is 0 Å². The molecule has 16 heavy (non-hydrogen) atoms. The highest BCUT2D eigenvalue weighted by Crippen LogP contribution is 2.26. The molecule has 0 aromatic heterocycles. The normalized spacial score (nSPS) is 29.0. The number of hydrogen-bond acceptors (Lipinski definition) is 2. The first kappa shape index (κ1) is 13.3. The van der Waals surface area contributed by atoms with Gasteiger partial charge in [0, 0.05) is 13.1 Å². The maximum atomic E-state index is 12.1. The second kappa shape index (κ2) is 4.61. The summed E-state index contributed by atoms with van der Waals surface area (Å²) in [6.07, 6.45) is -7.07. The molecule has 1 aliphatic rings. The zero-order valence-electron chi connectivity index (χ0n) is 9.29. The topological polar surface area (TPSA) is 40.5 Å². The predicted molar refractivity (Wildman–Crippen MR) is 51.6 cm³/mol. The zero-order valence-corrected chi connectivity index (χ0v) is 9.29. The monoisotopic (exact) mass is 239 g/mol. The Hall–Kier alpha value is -0.780. The fourth-order valence-electron chi connectivity index (χ4n) is 1.78. The highest BCUT2D eigenvalue weighted by atomic mass is 19.4. The van der Waals surface area contributed by atoms with Crippen LogP contribution in [0.1, 0.15) is 20.3 Å². The second-order valence-corrected chi connectivity index (χ2v) is 4.47. The van der Waals surface area contributed by atoms with Gasteiger partial charge in [-0.25, -0.2) is 0 Å². The summed E-state index contributed by atoms with van der Waals surface area (Å²) in [6.45, 7) is 4.47. The Bertz CT molecular complexity index is 267. The van der Waals surface area contributed by atoms with Crippen molar-refractivity contribution in [1.29, 1.82) is 0 Å². The molecule has 1 saturated heterocycles. The maximum absolute atomic E-state index is 12.1. The van der Waals surface area contributed by atoms with Crippen molar-refractivity contribution in [3.05, 3.63) is 0 Å². The summed E-state index contributed by atoms with van der Waals surface area (Å²) in [7, 11) is 0. The quantitative estimate of drug-likeness (QED) is 0.751. The first-order valence-electron chi connectivity index (χ1n) is 5.27. The molecule has 1 rings (SSSR count). The SMILES string of the molecule is C[C@@H]1CN(C(=O)C(O)C(F)(F)F)CC[C@@H]1C. The molecular weight excluding hydrogens is 223 g/mol. The number of carbonyl (C=O) groups excluding carboxylic acids is 1. The van der Waals surface area contributed by atoms with Gasteiger partial charge >= 0.3 is 6.18 Å². The van der Waals surface area contributed by atoms with Gasteiger partial charge in [-0.2, -0.15) is 13.2 Å². The third-order valence-electron chi connectivity index (χ3n) is 3.19. The Balaban J connectivity index is 2.62. The first-order chi connectivity index (χ1) is 7.23. The molecule has 1 fully saturated rings. The van der Waals surface area contributed by atoms with Crippen molar-refractivity contribution in [1.82, 2.24) is 4.90 Å². The summed E-state index contributed by atoms with van der Waals surface area (Å²) in [5.74, 6) is -0.670. The fraction of sp³-hybridized carbons (Fsp3) is 0.900. The lowest BCUT2D eigenvalue weighted by molar-refractivity contribution is -0.211. The average molecular weight is 239 g/mol. The summed E-state index contributed by atoms with van der Waals surface area (Å²) in [5.41, 5.74) is 0. The Labute approximate surface area is 92.2 Å². The minimum atomic E-state index is -4.87. The van der Waals surface area contributed by atoms with E-state index in [1.54, 1.807) is 0 Å². The highest BCUT2D eigenvalue weighted by Gasteiger charge is 2.46. The molecule has 0 spiro atoms. The summed E-state index contributed by atoms with van der Waals surface area (Å²) in [6, 6.07) is 0. The number of rotatable bonds is 1. The highest BCUT2D eigenvalue weighted by molar-refractivity contribution is 5.81. The van der Waals surface area contributed by atoms with Crippen molar-refractivity contribution in [3.8, 4) is 0 Å². The van der Waals surface area contributed by atoms with Crippen LogP contribution in [-0.4, -0.2) is 41.3 Å². The minimum Gasteiger partial charge on any atom is -0.376 e. The first-order valence-corrected chi connectivity index (χ1v) is 5.27. The van der Waals surface area contributed by atoms with Crippen molar-refractivity contribution in [2.24, 2.45) is 11.8 Å². The number of likely N-dealkylation sites (tertiary alicyclic amines) is 1. The molecule has 1 N–H and O–H groups in total. The number of aliphatic hydroxyl groups excluding tert-OH is 1. The van der Waals surface area contributed by atoms with Gasteiger partial charge in [0.25, 0.3) is 5.91 Å². The molecule has 94 valence electrons. The van der Waals surface area contributed by atoms with Crippen molar-refractivity contribution in [2.45, 2.75) is 32.5 Å². The van der Waals surface area contributed by atoms with Gasteiger partial charge < -0.3 is 10.0 Å². The number of aliphatic hydroxyl groups is 1. The van der Waals surface area contributed by atoms with Crippen LogP contribution in [0.3, 0.4) is 0 Å². The molecule has 3 atom stereocenters. The van der Waals surface area contributed by atoms with Crippen LogP contribution in [0.15, 0.2) is 0 Å². The van der Waals surface area contributed by atoms with E-state index in [4.69, 9.17) is 5.11 Å². The standard InChI is InChI=1S/C10H16F3NO2/c1-6-3-4-14(5-7(6)2)9(16)8(15)10(11,12)13/h6-8,15H,3-5H2,1-2H3/t6-,7+,8?/m0/s1. The number of halogens is 3. The smallest absolute Gasteiger partial charge is 0.376 e. The second-order valence-electron chi connectivity index (χ2n) is 4.47. The average Bonchev–Trinajstić information content (AvgIpc) is 2.18. The summed E-state index contributed by atoms with van der Waals surface area (Å²) >= 11 is 0. The lowest BCUT2D eigenvalue weighted by atomic mass is 9.88. The largest absolute Gasteiger partial charge is 0.423 e. The molecule has 1 aliphatic heterocycles. The Morgan fingerprint density at radius 3 is 2.38 bits per heavy atom.